The van der Waals surface area contributed by atoms with Gasteiger partial charge in [-0.3, -0.25) is 4.84 Å². The van der Waals surface area contributed by atoms with E-state index in [0.29, 0.717) is 6.54 Å². The van der Waals surface area contributed by atoms with Crippen molar-refractivity contribution in [3.63, 3.8) is 0 Å². The maximum atomic E-state index is 10.7. The summed E-state index contributed by atoms with van der Waals surface area (Å²) < 4.78 is 0. The zero-order valence-corrected chi connectivity index (χ0v) is 6.50. The lowest BCUT2D eigenvalue weighted by Crippen LogP contribution is -2.25. The van der Waals surface area contributed by atoms with Crippen molar-refractivity contribution >= 4 is 12.3 Å². The van der Waals surface area contributed by atoms with Crippen molar-refractivity contribution in [1.82, 2.24) is 4.90 Å². The van der Waals surface area contributed by atoms with Crippen molar-refractivity contribution in [2.75, 3.05) is 13.6 Å². The van der Waals surface area contributed by atoms with E-state index >= 15 is 0 Å². The summed E-state index contributed by atoms with van der Waals surface area (Å²) in [4.78, 5) is 16.5. The second kappa shape index (κ2) is 4.78. The van der Waals surface area contributed by atoms with Crippen molar-refractivity contribution in [2.24, 2.45) is 5.16 Å². The largest absolute Gasteiger partial charge is 0.435 e. The number of oxime groups is 1. The first-order valence-corrected chi connectivity index (χ1v) is 3.12. The minimum atomic E-state index is -0.430. The molecule has 10 heavy (non-hydrogen) atoms. The van der Waals surface area contributed by atoms with E-state index in [-0.39, 0.29) is 0 Å². The molecule has 0 unspecified atom stereocenters. The Morgan fingerprint density at radius 1 is 1.80 bits per heavy atom. The Morgan fingerprint density at radius 2 is 2.40 bits per heavy atom. The first-order valence-electron chi connectivity index (χ1n) is 3.12. The smallest absolute Gasteiger partial charge is 0.310 e. The van der Waals surface area contributed by atoms with E-state index in [2.05, 4.69) is 9.99 Å². The molecule has 0 bridgehead atoms. The molecule has 0 spiro atoms. The van der Waals surface area contributed by atoms with Crippen molar-refractivity contribution < 1.29 is 9.63 Å². The molecule has 0 aliphatic rings. The number of amides is 1. The average molecular weight is 144 g/mol. The summed E-state index contributed by atoms with van der Waals surface area (Å²) in [5.74, 6) is 0. The molecule has 0 aliphatic carbocycles. The SMILES string of the molecule is CC=NOC(=O)N(C)CC. The molecule has 4 heteroatoms. The van der Waals surface area contributed by atoms with Gasteiger partial charge >= 0.3 is 6.09 Å². The molecule has 0 saturated carbocycles. The van der Waals surface area contributed by atoms with Crippen LogP contribution in [-0.2, 0) is 4.84 Å². The summed E-state index contributed by atoms with van der Waals surface area (Å²) in [6.45, 7) is 4.16. The number of carbonyl (C=O) groups excluding carboxylic acids is 1. The van der Waals surface area contributed by atoms with Crippen molar-refractivity contribution in [3.05, 3.63) is 0 Å². The summed E-state index contributed by atoms with van der Waals surface area (Å²) in [7, 11) is 1.65. The highest BCUT2D eigenvalue weighted by molar-refractivity contribution is 5.67. The molecule has 1 amide bonds. The van der Waals surface area contributed by atoms with Gasteiger partial charge in [-0.15, -0.1) is 0 Å². The highest BCUT2D eigenvalue weighted by Crippen LogP contribution is 1.88. The van der Waals surface area contributed by atoms with Crippen molar-refractivity contribution in [1.29, 1.82) is 0 Å². The Bertz CT molecular complexity index is 134. The first kappa shape index (κ1) is 8.94. The van der Waals surface area contributed by atoms with Gasteiger partial charge in [-0.1, -0.05) is 5.16 Å². The summed E-state index contributed by atoms with van der Waals surface area (Å²) in [5.41, 5.74) is 0. The zero-order chi connectivity index (χ0) is 7.98. The van der Waals surface area contributed by atoms with Gasteiger partial charge in [0.2, 0.25) is 0 Å². The van der Waals surface area contributed by atoms with E-state index < -0.39 is 6.09 Å². The van der Waals surface area contributed by atoms with Crippen LogP contribution in [0.4, 0.5) is 4.79 Å². The Hall–Kier alpha value is -1.06. The highest BCUT2D eigenvalue weighted by Gasteiger charge is 2.05. The second-order valence-electron chi connectivity index (χ2n) is 1.73. The number of nitrogens with zero attached hydrogens (tertiary/aromatic N) is 2. The van der Waals surface area contributed by atoms with Crippen LogP contribution < -0.4 is 0 Å². The molecule has 0 aromatic heterocycles. The Labute approximate surface area is 60.4 Å². The molecule has 0 atom stereocenters. The lowest BCUT2D eigenvalue weighted by atomic mass is 10.7. The van der Waals surface area contributed by atoms with Gasteiger partial charge in [-0.05, 0) is 13.8 Å². The van der Waals surface area contributed by atoms with Gasteiger partial charge in [-0.25, -0.2) is 4.79 Å². The molecule has 4 nitrogen and oxygen atoms in total. The molecule has 0 rings (SSSR count). The van der Waals surface area contributed by atoms with Crippen LogP contribution in [0.1, 0.15) is 13.8 Å². The van der Waals surface area contributed by atoms with Crippen LogP contribution in [-0.4, -0.2) is 30.8 Å². The third kappa shape index (κ3) is 3.06. The lowest BCUT2D eigenvalue weighted by Gasteiger charge is -2.09. The van der Waals surface area contributed by atoms with Gasteiger partial charge in [0.25, 0.3) is 0 Å². The number of carbonyl (C=O) groups is 1. The van der Waals surface area contributed by atoms with Gasteiger partial charge in [0.1, 0.15) is 0 Å². The van der Waals surface area contributed by atoms with Crippen LogP contribution in [0.2, 0.25) is 0 Å². The van der Waals surface area contributed by atoms with E-state index in [9.17, 15) is 4.79 Å². The maximum Gasteiger partial charge on any atom is 0.435 e. The van der Waals surface area contributed by atoms with Gasteiger partial charge in [0.05, 0.1) is 0 Å². The molecule has 0 radical (unpaired) electrons. The summed E-state index contributed by atoms with van der Waals surface area (Å²) in [6, 6.07) is 0. The number of hydrogen-bond donors (Lipinski definition) is 0. The van der Waals surface area contributed by atoms with Crippen LogP contribution >= 0.6 is 0 Å². The summed E-state index contributed by atoms with van der Waals surface area (Å²) >= 11 is 0. The van der Waals surface area contributed by atoms with E-state index in [1.165, 1.54) is 11.1 Å². The van der Waals surface area contributed by atoms with E-state index in [4.69, 9.17) is 0 Å². The minimum absolute atomic E-state index is 0.430. The Morgan fingerprint density at radius 3 is 2.80 bits per heavy atom. The summed E-state index contributed by atoms with van der Waals surface area (Å²) in [5, 5.41) is 3.32. The molecule has 0 fully saturated rings. The van der Waals surface area contributed by atoms with Crippen LogP contribution in [0, 0.1) is 0 Å². The van der Waals surface area contributed by atoms with E-state index in [1.807, 2.05) is 6.92 Å². The third-order valence-electron chi connectivity index (χ3n) is 1.02. The zero-order valence-electron chi connectivity index (χ0n) is 6.50. The van der Waals surface area contributed by atoms with Gasteiger partial charge < -0.3 is 4.90 Å². The predicted octanol–water partition coefficient (Wildman–Crippen LogP) is 1.08. The molecule has 0 aromatic carbocycles. The van der Waals surface area contributed by atoms with E-state index in [0.717, 1.165) is 0 Å². The molecule has 58 valence electrons. The Balaban J connectivity index is 3.62. The minimum Gasteiger partial charge on any atom is -0.310 e. The average Bonchev–Trinajstić information content (AvgIpc) is 1.98. The molecular weight excluding hydrogens is 132 g/mol. The van der Waals surface area contributed by atoms with Crippen LogP contribution in [0.3, 0.4) is 0 Å². The fourth-order valence-electron chi connectivity index (χ4n) is 0.297. The molecular formula is C6H12N2O2. The molecule has 0 aliphatic heterocycles. The normalized spacial score (nSPS) is 9.90. The first-order chi connectivity index (χ1) is 4.72. The fourth-order valence-corrected chi connectivity index (χ4v) is 0.297. The third-order valence-corrected chi connectivity index (χ3v) is 1.02. The monoisotopic (exact) mass is 144 g/mol. The highest BCUT2D eigenvalue weighted by atomic mass is 16.7. The van der Waals surface area contributed by atoms with Gasteiger partial charge in [0.15, 0.2) is 0 Å². The number of rotatable bonds is 2. The van der Waals surface area contributed by atoms with Crippen LogP contribution in [0.5, 0.6) is 0 Å². The fraction of sp³-hybridized carbons (Fsp3) is 0.667. The van der Waals surface area contributed by atoms with Crippen molar-refractivity contribution in [3.8, 4) is 0 Å². The van der Waals surface area contributed by atoms with Crippen molar-refractivity contribution in [2.45, 2.75) is 13.8 Å². The molecule has 0 heterocycles. The molecule has 0 N–H and O–H groups in total. The topological polar surface area (TPSA) is 41.9 Å². The van der Waals surface area contributed by atoms with Gasteiger partial charge in [0, 0.05) is 19.8 Å². The molecule has 0 aromatic rings. The quantitative estimate of drug-likeness (QED) is 0.330. The van der Waals surface area contributed by atoms with Crippen LogP contribution in [0.15, 0.2) is 5.16 Å². The Kier molecular flexibility index (Phi) is 4.28. The predicted molar refractivity (Wildman–Crippen MR) is 39.0 cm³/mol. The van der Waals surface area contributed by atoms with Crippen LogP contribution in [0.25, 0.3) is 0 Å². The summed E-state index contributed by atoms with van der Waals surface area (Å²) in [6.07, 6.45) is 0.988. The second-order valence-corrected chi connectivity index (χ2v) is 1.73. The van der Waals surface area contributed by atoms with E-state index in [1.54, 1.807) is 14.0 Å². The van der Waals surface area contributed by atoms with Gasteiger partial charge in [-0.2, -0.15) is 0 Å². The maximum absolute atomic E-state index is 10.7. The standard InChI is InChI=1S/C6H12N2O2/c1-4-7-10-6(9)8(3)5-2/h4H,5H2,1-3H3. The molecule has 0 saturated heterocycles. The lowest BCUT2D eigenvalue weighted by molar-refractivity contribution is 0.117. The number of hydrogen-bond acceptors (Lipinski definition) is 3.